The molecule has 1 amide bonds. The van der Waals surface area contributed by atoms with E-state index in [0.717, 1.165) is 51.9 Å². The third-order valence-electron chi connectivity index (χ3n) is 7.57. The molecule has 6 rings (SSSR count). The van der Waals surface area contributed by atoms with E-state index in [0.29, 0.717) is 42.8 Å². The number of nitriles is 1. The first kappa shape index (κ1) is 25.9. The normalized spacial score (nSPS) is 15.2. The van der Waals surface area contributed by atoms with Gasteiger partial charge in [0.25, 0.3) is 5.91 Å². The van der Waals surface area contributed by atoms with Crippen LogP contribution in [0.3, 0.4) is 0 Å². The number of benzene rings is 2. The average Bonchev–Trinajstić information content (AvgIpc) is 3.66. The van der Waals surface area contributed by atoms with E-state index in [2.05, 4.69) is 40.6 Å². The maximum absolute atomic E-state index is 13.7. The van der Waals surface area contributed by atoms with Crippen LogP contribution in [0.5, 0.6) is 0 Å². The number of hydrogen-bond acceptors (Lipinski definition) is 7. The molecule has 0 spiro atoms. The predicted molar refractivity (Wildman–Crippen MR) is 151 cm³/mol. The highest BCUT2D eigenvalue weighted by atomic mass is 16.5. The van der Waals surface area contributed by atoms with Gasteiger partial charge >= 0.3 is 0 Å². The molecule has 9 heteroatoms. The maximum Gasteiger partial charge on any atom is 0.260 e. The highest BCUT2D eigenvalue weighted by Gasteiger charge is 2.32. The second kappa shape index (κ2) is 10.6. The predicted octanol–water partition coefficient (Wildman–Crippen LogP) is 4.58. The van der Waals surface area contributed by atoms with Crippen LogP contribution in [0.1, 0.15) is 58.4 Å². The summed E-state index contributed by atoms with van der Waals surface area (Å²) in [5.41, 5.74) is 6.98. The molecule has 1 N–H and O–H groups in total. The number of carbonyl (C=O) groups excluding carboxylic acids is 1. The fraction of sp³-hybridized carbons (Fsp3) is 0.323. The van der Waals surface area contributed by atoms with Crippen molar-refractivity contribution in [3.05, 3.63) is 82.8 Å². The molecule has 3 heterocycles. The number of pyridine rings is 1. The van der Waals surface area contributed by atoms with Crippen molar-refractivity contribution in [2.75, 3.05) is 18.6 Å². The molecule has 2 aliphatic rings. The van der Waals surface area contributed by atoms with Crippen molar-refractivity contribution in [1.29, 1.82) is 5.26 Å². The van der Waals surface area contributed by atoms with Gasteiger partial charge in [-0.1, -0.05) is 18.2 Å². The number of ether oxygens (including phenoxy) is 1. The molecule has 1 aliphatic carbocycles. The quantitative estimate of drug-likeness (QED) is 0.335. The molecule has 0 bridgehead atoms. The Hall–Kier alpha value is -4.39. The molecular formula is C31H31N7O2. The number of amides is 1. The minimum Gasteiger partial charge on any atom is -0.383 e. The molecule has 9 nitrogen and oxygen atoms in total. The Kier molecular flexibility index (Phi) is 6.88. The zero-order valence-electron chi connectivity index (χ0n) is 22.9. The molecule has 0 radical (unpaired) electrons. The molecule has 1 saturated carbocycles. The summed E-state index contributed by atoms with van der Waals surface area (Å²) < 4.78 is 7.05. The van der Waals surface area contributed by atoms with Gasteiger partial charge in [0, 0.05) is 49.5 Å². The van der Waals surface area contributed by atoms with Gasteiger partial charge in [-0.05, 0) is 72.4 Å². The number of rotatable bonds is 9. The van der Waals surface area contributed by atoms with Gasteiger partial charge in [-0.15, -0.1) is 10.2 Å². The van der Waals surface area contributed by atoms with E-state index in [1.54, 1.807) is 18.3 Å². The van der Waals surface area contributed by atoms with Crippen LogP contribution in [-0.4, -0.2) is 45.4 Å². The lowest BCUT2D eigenvalue weighted by Crippen LogP contribution is -2.29. The van der Waals surface area contributed by atoms with Gasteiger partial charge in [-0.2, -0.15) is 5.26 Å². The Morgan fingerprint density at radius 2 is 1.98 bits per heavy atom. The summed E-state index contributed by atoms with van der Waals surface area (Å²) >= 11 is 0. The summed E-state index contributed by atoms with van der Waals surface area (Å²) in [5, 5.41) is 21.4. The van der Waals surface area contributed by atoms with Gasteiger partial charge in [-0.25, -0.2) is 4.98 Å². The SMILES string of the molecule is COC[C@@H](C)NCc1ccc2c(c1)C(=O)N(c1cc(-c3ccc(C#N)cc3-c3nncn3C)cc(C3CC3)n1)C2. The summed E-state index contributed by atoms with van der Waals surface area (Å²) in [4.78, 5) is 20.5. The first-order valence-corrected chi connectivity index (χ1v) is 13.5. The van der Waals surface area contributed by atoms with Gasteiger partial charge in [0.2, 0.25) is 0 Å². The summed E-state index contributed by atoms with van der Waals surface area (Å²) in [5.74, 6) is 1.66. The summed E-state index contributed by atoms with van der Waals surface area (Å²) in [7, 11) is 3.57. The van der Waals surface area contributed by atoms with E-state index in [4.69, 9.17) is 9.72 Å². The monoisotopic (exact) mass is 533 g/mol. The van der Waals surface area contributed by atoms with Gasteiger partial charge in [0.15, 0.2) is 5.82 Å². The van der Waals surface area contributed by atoms with Crippen LogP contribution < -0.4 is 10.2 Å². The molecule has 1 atom stereocenters. The molecule has 202 valence electrons. The van der Waals surface area contributed by atoms with Crippen molar-refractivity contribution >= 4 is 11.7 Å². The van der Waals surface area contributed by atoms with Crippen molar-refractivity contribution < 1.29 is 9.53 Å². The standard InChI is InChI=1S/C31H31N7O2/c1-19(17-40-3)33-15-21-4-6-23-16-38(31(39)26(23)11-21)29-13-24(12-28(35-29)22-7-8-22)25-9-5-20(14-32)10-27(25)30-36-34-18-37(30)2/h4-6,9-13,18-19,22,33H,7-8,15-17H2,1-3H3/t19-/m1/s1. The van der Waals surface area contributed by atoms with Crippen LogP contribution in [-0.2, 0) is 24.9 Å². The zero-order chi connectivity index (χ0) is 27.8. The molecule has 1 aliphatic heterocycles. The van der Waals surface area contributed by atoms with Gasteiger partial charge in [0.1, 0.15) is 12.1 Å². The van der Waals surface area contributed by atoms with Crippen molar-refractivity contribution in [3.63, 3.8) is 0 Å². The molecule has 0 saturated heterocycles. The summed E-state index contributed by atoms with van der Waals surface area (Å²) in [6, 6.07) is 18.2. The molecule has 1 fully saturated rings. The number of nitrogens with one attached hydrogen (secondary N) is 1. The van der Waals surface area contributed by atoms with E-state index >= 15 is 0 Å². The lowest BCUT2D eigenvalue weighted by molar-refractivity contribution is 0.0996. The van der Waals surface area contributed by atoms with Crippen LogP contribution in [0, 0.1) is 11.3 Å². The highest BCUT2D eigenvalue weighted by Crippen LogP contribution is 2.43. The molecule has 2 aromatic heterocycles. The fourth-order valence-corrected chi connectivity index (χ4v) is 5.24. The van der Waals surface area contributed by atoms with E-state index in [9.17, 15) is 10.1 Å². The Labute approximate surface area is 233 Å². The number of anilines is 1. The number of fused-ring (bicyclic) bond motifs is 1. The third-order valence-corrected chi connectivity index (χ3v) is 7.57. The minimum absolute atomic E-state index is 0.0402. The van der Waals surface area contributed by atoms with Crippen LogP contribution in [0.2, 0.25) is 0 Å². The van der Waals surface area contributed by atoms with E-state index in [1.807, 2.05) is 48.0 Å². The van der Waals surface area contributed by atoms with Crippen molar-refractivity contribution in [2.45, 2.75) is 44.8 Å². The van der Waals surface area contributed by atoms with Crippen molar-refractivity contribution in [2.24, 2.45) is 7.05 Å². The average molecular weight is 534 g/mol. The van der Waals surface area contributed by atoms with Gasteiger partial charge in [0.05, 0.1) is 24.8 Å². The van der Waals surface area contributed by atoms with Crippen LogP contribution in [0.15, 0.2) is 54.9 Å². The smallest absolute Gasteiger partial charge is 0.260 e. The van der Waals surface area contributed by atoms with E-state index < -0.39 is 0 Å². The second-order valence-corrected chi connectivity index (χ2v) is 10.7. The number of nitrogens with zero attached hydrogens (tertiary/aromatic N) is 6. The largest absolute Gasteiger partial charge is 0.383 e. The molecule has 40 heavy (non-hydrogen) atoms. The van der Waals surface area contributed by atoms with Gasteiger partial charge in [-0.3, -0.25) is 9.69 Å². The zero-order valence-corrected chi connectivity index (χ0v) is 22.9. The first-order chi connectivity index (χ1) is 19.4. The Morgan fingerprint density at radius 1 is 1.12 bits per heavy atom. The van der Waals surface area contributed by atoms with E-state index in [-0.39, 0.29) is 11.9 Å². The van der Waals surface area contributed by atoms with Crippen molar-refractivity contribution in [1.82, 2.24) is 25.1 Å². The van der Waals surface area contributed by atoms with Crippen LogP contribution >= 0.6 is 0 Å². The second-order valence-electron chi connectivity index (χ2n) is 10.7. The first-order valence-electron chi connectivity index (χ1n) is 13.5. The Bertz CT molecular complexity index is 1630. The Morgan fingerprint density at radius 3 is 2.70 bits per heavy atom. The minimum atomic E-state index is -0.0402. The molecule has 4 aromatic rings. The van der Waals surface area contributed by atoms with Crippen LogP contribution in [0.25, 0.3) is 22.5 Å². The van der Waals surface area contributed by atoms with Gasteiger partial charge < -0.3 is 14.6 Å². The van der Waals surface area contributed by atoms with Crippen LogP contribution in [0.4, 0.5) is 5.82 Å². The lowest BCUT2D eigenvalue weighted by Gasteiger charge is -2.18. The van der Waals surface area contributed by atoms with Crippen molar-refractivity contribution in [3.8, 4) is 28.6 Å². The topological polar surface area (TPSA) is 109 Å². The molecule has 2 aromatic carbocycles. The lowest BCUT2D eigenvalue weighted by atomic mass is 9.96. The fourth-order valence-electron chi connectivity index (χ4n) is 5.24. The third kappa shape index (κ3) is 4.99. The number of hydrogen-bond donors (Lipinski definition) is 1. The number of aryl methyl sites for hydroxylation is 1. The Balaban J connectivity index is 1.36. The maximum atomic E-state index is 13.7. The number of aromatic nitrogens is 4. The highest BCUT2D eigenvalue weighted by molar-refractivity contribution is 6.10. The number of methoxy groups -OCH3 is 1. The molecular weight excluding hydrogens is 502 g/mol. The molecule has 0 unspecified atom stereocenters. The van der Waals surface area contributed by atoms with E-state index in [1.165, 1.54) is 0 Å². The summed E-state index contributed by atoms with van der Waals surface area (Å²) in [6.45, 7) is 3.84. The number of carbonyl (C=O) groups is 1. The summed E-state index contributed by atoms with van der Waals surface area (Å²) in [6.07, 6.45) is 3.82.